The lowest BCUT2D eigenvalue weighted by Gasteiger charge is -2.20. The number of carboxylic acid groups (broad SMARTS) is 1. The number of esters is 2. The maximum absolute atomic E-state index is 12.7. The second-order valence-electron chi connectivity index (χ2n) is 17.4. The molecule has 0 amide bonds. The highest BCUT2D eigenvalue weighted by molar-refractivity contribution is 7.47. The van der Waals surface area contributed by atoms with Crippen LogP contribution in [0.3, 0.4) is 0 Å². The topological polar surface area (TPSA) is 198 Å². The van der Waals surface area contributed by atoms with Crippen LogP contribution in [0.4, 0.5) is 0 Å². The fraction of sp³-hybridized carbons (Fsp3) is 0.776. The molecule has 0 aromatic carbocycles. The molecule has 3 atom stereocenters. The van der Waals surface area contributed by atoms with Crippen molar-refractivity contribution in [3.63, 3.8) is 0 Å². The van der Waals surface area contributed by atoms with Crippen LogP contribution < -0.4 is 5.73 Å². The average molecular weight is 910 g/mol. The van der Waals surface area contributed by atoms with Gasteiger partial charge in [-0.15, -0.1) is 0 Å². The van der Waals surface area contributed by atoms with Crippen LogP contribution in [0.5, 0.6) is 0 Å². The SMILES string of the molecule is CCCCCc1cc(C)c(CCCCCCCCCCCCC(=O)OC(COC(=O)CCCCCCCCCCc2oc(CCC)c(C)c2C)COP(=O)(O)OCC(N)C(=O)O)o1. The van der Waals surface area contributed by atoms with E-state index in [4.69, 9.17) is 33.7 Å². The molecule has 2 rings (SSSR count). The fourth-order valence-electron chi connectivity index (χ4n) is 7.60. The van der Waals surface area contributed by atoms with E-state index in [0.717, 1.165) is 132 Å². The maximum atomic E-state index is 12.7. The molecule has 0 aliphatic carbocycles. The highest BCUT2D eigenvalue weighted by atomic mass is 31.2. The molecule has 0 aliphatic rings. The number of hydrogen-bond donors (Lipinski definition) is 3. The molecule has 0 fully saturated rings. The Labute approximate surface area is 378 Å². The lowest BCUT2D eigenvalue weighted by Crippen LogP contribution is -2.34. The molecular weight excluding hydrogens is 826 g/mol. The Morgan fingerprint density at radius 1 is 0.603 bits per heavy atom. The smallest absolute Gasteiger partial charge is 0.472 e. The standard InChI is InChI=1S/C49H84NO12P/c1-6-8-23-29-41-34-38(3)44(60-41)30-24-19-15-11-9-10-12-18-22-27-33-48(52)61-42(36-58-63(55,56)59-37-43(50)49(53)54)35-57-47(51)32-26-21-17-14-13-16-20-25-31-46-40(5)39(4)45(62-46)28-7-2/h34,42-43H,6-33,35-37,50H2,1-5H3,(H,53,54)(H,55,56). The van der Waals surface area contributed by atoms with Gasteiger partial charge in [-0.2, -0.15) is 0 Å². The van der Waals surface area contributed by atoms with Crippen molar-refractivity contribution in [3.8, 4) is 0 Å². The number of rotatable bonds is 40. The highest BCUT2D eigenvalue weighted by Gasteiger charge is 2.28. The summed E-state index contributed by atoms with van der Waals surface area (Å²) in [6.45, 7) is 9.12. The minimum Gasteiger partial charge on any atom is -0.480 e. The van der Waals surface area contributed by atoms with E-state index in [0.29, 0.717) is 12.8 Å². The van der Waals surface area contributed by atoms with E-state index < -0.39 is 51.1 Å². The lowest BCUT2D eigenvalue weighted by molar-refractivity contribution is -0.161. The maximum Gasteiger partial charge on any atom is 0.472 e. The van der Waals surface area contributed by atoms with Gasteiger partial charge in [0.2, 0.25) is 0 Å². The van der Waals surface area contributed by atoms with Crippen LogP contribution in [0.15, 0.2) is 14.9 Å². The number of aliphatic carboxylic acids is 1. The van der Waals surface area contributed by atoms with Gasteiger partial charge in [-0.25, -0.2) is 4.57 Å². The molecule has 2 aromatic rings. The number of carboxylic acids is 1. The summed E-state index contributed by atoms with van der Waals surface area (Å²) in [5.41, 5.74) is 9.23. The van der Waals surface area contributed by atoms with Gasteiger partial charge in [0.05, 0.1) is 13.2 Å². The Hall–Kier alpha value is -2.96. The van der Waals surface area contributed by atoms with Gasteiger partial charge in [0.1, 0.15) is 35.7 Å². The highest BCUT2D eigenvalue weighted by Crippen LogP contribution is 2.43. The summed E-state index contributed by atoms with van der Waals surface area (Å²) < 4.78 is 45.1. The number of carbonyl (C=O) groups excluding carboxylic acids is 2. The molecular formula is C49H84NO12P. The Balaban J connectivity index is 1.60. The number of unbranched alkanes of at least 4 members (excludes halogenated alkanes) is 18. The summed E-state index contributed by atoms with van der Waals surface area (Å²) in [6, 6.07) is 0.677. The molecule has 4 N–H and O–H groups in total. The van der Waals surface area contributed by atoms with Crippen LogP contribution in [0, 0.1) is 20.8 Å². The van der Waals surface area contributed by atoms with Crippen molar-refractivity contribution < 1.29 is 56.3 Å². The van der Waals surface area contributed by atoms with Gasteiger partial charge in [-0.05, 0) is 82.1 Å². The first kappa shape index (κ1) is 56.2. The van der Waals surface area contributed by atoms with Crippen LogP contribution in [-0.4, -0.2) is 59.9 Å². The van der Waals surface area contributed by atoms with Gasteiger partial charge < -0.3 is 34.0 Å². The van der Waals surface area contributed by atoms with Gasteiger partial charge >= 0.3 is 25.7 Å². The molecule has 3 unspecified atom stereocenters. The first-order valence-electron chi connectivity index (χ1n) is 24.4. The van der Waals surface area contributed by atoms with Gasteiger partial charge in [0.15, 0.2) is 6.10 Å². The third-order valence-corrected chi connectivity index (χ3v) is 12.6. The zero-order valence-corrected chi connectivity index (χ0v) is 40.5. The molecule has 2 heterocycles. The quantitative estimate of drug-likeness (QED) is 0.0324. The van der Waals surface area contributed by atoms with Crippen molar-refractivity contribution in [1.82, 2.24) is 0 Å². The Morgan fingerprint density at radius 3 is 1.62 bits per heavy atom. The lowest BCUT2D eigenvalue weighted by atomic mass is 10.0. The summed E-state index contributed by atoms with van der Waals surface area (Å²) in [5.74, 6) is 2.13. The molecule has 63 heavy (non-hydrogen) atoms. The summed E-state index contributed by atoms with van der Waals surface area (Å²) in [4.78, 5) is 46.3. The van der Waals surface area contributed by atoms with Gasteiger partial charge in [-0.3, -0.25) is 23.4 Å². The predicted octanol–water partition coefficient (Wildman–Crippen LogP) is 12.1. The first-order chi connectivity index (χ1) is 30.3. The summed E-state index contributed by atoms with van der Waals surface area (Å²) >= 11 is 0. The summed E-state index contributed by atoms with van der Waals surface area (Å²) in [6.07, 6.45) is 26.9. The fourth-order valence-corrected chi connectivity index (χ4v) is 8.38. The molecule has 0 radical (unpaired) electrons. The molecule has 14 heteroatoms. The third-order valence-electron chi connectivity index (χ3n) is 11.7. The monoisotopic (exact) mass is 910 g/mol. The van der Waals surface area contributed by atoms with Crippen LogP contribution in [0.2, 0.25) is 0 Å². The van der Waals surface area contributed by atoms with Gasteiger partial charge in [0.25, 0.3) is 0 Å². The van der Waals surface area contributed by atoms with Crippen molar-refractivity contribution in [2.75, 3.05) is 19.8 Å². The number of ether oxygens (including phenoxy) is 2. The van der Waals surface area contributed by atoms with Crippen LogP contribution in [-0.2, 0) is 63.2 Å². The largest absolute Gasteiger partial charge is 0.480 e. The molecule has 13 nitrogen and oxygen atoms in total. The second kappa shape index (κ2) is 33.5. The van der Waals surface area contributed by atoms with Crippen LogP contribution in [0.25, 0.3) is 0 Å². The predicted molar refractivity (Wildman–Crippen MR) is 247 cm³/mol. The molecule has 0 saturated carbocycles. The van der Waals surface area contributed by atoms with Crippen molar-refractivity contribution >= 4 is 25.7 Å². The zero-order chi connectivity index (χ0) is 46.3. The van der Waals surface area contributed by atoms with E-state index in [-0.39, 0.29) is 19.4 Å². The third kappa shape index (κ3) is 25.9. The molecule has 0 saturated heterocycles. The van der Waals surface area contributed by atoms with Crippen molar-refractivity contribution in [1.29, 1.82) is 0 Å². The number of phosphoric acid groups is 1. The number of nitrogens with two attached hydrogens (primary N) is 1. The van der Waals surface area contributed by atoms with E-state index in [1.807, 2.05) is 0 Å². The van der Waals surface area contributed by atoms with Gasteiger partial charge in [0, 0.05) is 38.5 Å². The van der Waals surface area contributed by atoms with Crippen molar-refractivity contribution in [3.05, 3.63) is 45.8 Å². The average Bonchev–Trinajstić information content (AvgIpc) is 3.74. The number of phosphoric ester groups is 1. The zero-order valence-electron chi connectivity index (χ0n) is 39.7. The van der Waals surface area contributed by atoms with Gasteiger partial charge in [-0.1, -0.05) is 117 Å². The van der Waals surface area contributed by atoms with Crippen molar-refractivity contribution in [2.24, 2.45) is 5.73 Å². The molecule has 362 valence electrons. The number of furan rings is 2. The second-order valence-corrected chi connectivity index (χ2v) is 18.8. The molecule has 2 aromatic heterocycles. The first-order valence-corrected chi connectivity index (χ1v) is 25.9. The Bertz CT molecular complexity index is 1600. The normalized spacial score (nSPS) is 13.5. The minimum atomic E-state index is -4.74. The van der Waals surface area contributed by atoms with Crippen LogP contribution in [0.1, 0.15) is 208 Å². The van der Waals surface area contributed by atoms with E-state index in [1.54, 1.807) is 0 Å². The van der Waals surface area contributed by atoms with E-state index in [9.17, 15) is 23.8 Å². The van der Waals surface area contributed by atoms with Crippen LogP contribution >= 0.6 is 7.82 Å². The van der Waals surface area contributed by atoms with Crippen molar-refractivity contribution in [2.45, 2.75) is 227 Å². The Morgan fingerprint density at radius 2 is 1.08 bits per heavy atom. The van der Waals surface area contributed by atoms with E-state index in [2.05, 4.69) is 45.2 Å². The minimum absolute atomic E-state index is 0.143. The molecule has 0 spiro atoms. The van der Waals surface area contributed by atoms with E-state index >= 15 is 0 Å². The summed E-state index contributed by atoms with van der Waals surface area (Å²) in [5, 5.41) is 8.93. The number of aryl methyl sites for hydroxylation is 5. The van der Waals surface area contributed by atoms with E-state index in [1.165, 1.54) is 61.6 Å². The molecule has 0 aliphatic heterocycles. The molecule has 0 bridgehead atoms. The summed E-state index contributed by atoms with van der Waals surface area (Å²) in [7, 11) is -4.74. The number of carbonyl (C=O) groups is 3. The number of hydrogen-bond acceptors (Lipinski definition) is 11. The Kier molecular flexibility index (Phi) is 29.9.